The smallest absolute Gasteiger partial charge is 0.416 e. The molecular weight excluding hydrogens is 289 g/mol. The molecule has 0 aliphatic carbocycles. The highest BCUT2D eigenvalue weighted by atomic mass is 19.4. The molecular formula is C13H9F3N2O3. The summed E-state index contributed by atoms with van der Waals surface area (Å²) < 4.78 is 42.9. The summed E-state index contributed by atoms with van der Waals surface area (Å²) in [5, 5.41) is 3.75. The molecule has 0 aliphatic rings. The molecule has 0 saturated carbocycles. The molecule has 8 heteroatoms. The number of carbonyl (C=O) groups excluding carboxylic acids is 1. The van der Waals surface area contributed by atoms with E-state index in [4.69, 9.17) is 0 Å². The van der Waals surface area contributed by atoms with Gasteiger partial charge in [-0.1, -0.05) is 0 Å². The Morgan fingerprint density at radius 1 is 1.19 bits per heavy atom. The van der Waals surface area contributed by atoms with Crippen LogP contribution in [-0.4, -0.2) is 22.9 Å². The van der Waals surface area contributed by atoms with Crippen molar-refractivity contribution in [1.29, 1.82) is 0 Å². The number of hydrogen-bond acceptors (Lipinski definition) is 4. The highest BCUT2D eigenvalue weighted by Gasteiger charge is 2.30. The van der Waals surface area contributed by atoms with Crippen LogP contribution in [0, 0.1) is 0 Å². The number of rotatable bonds is 2. The molecule has 2 rings (SSSR count). The van der Waals surface area contributed by atoms with Crippen LogP contribution in [0.25, 0.3) is 5.69 Å². The van der Waals surface area contributed by atoms with Gasteiger partial charge in [0.2, 0.25) is 11.1 Å². The van der Waals surface area contributed by atoms with Crippen molar-refractivity contribution >= 4 is 5.97 Å². The SMILES string of the molecule is COC(=O)c1nn(-c2ccc(C(F)(F)F)cc2)ccc1=O. The Bertz CT molecular complexity index is 721. The average molecular weight is 298 g/mol. The van der Waals surface area contributed by atoms with Crippen LogP contribution in [0.3, 0.4) is 0 Å². The molecule has 0 fully saturated rings. The quantitative estimate of drug-likeness (QED) is 0.796. The molecule has 110 valence electrons. The molecule has 0 radical (unpaired) electrons. The zero-order chi connectivity index (χ0) is 15.6. The van der Waals surface area contributed by atoms with Crippen LogP contribution in [0.4, 0.5) is 13.2 Å². The zero-order valence-corrected chi connectivity index (χ0v) is 10.7. The van der Waals surface area contributed by atoms with Crippen LogP contribution in [0.5, 0.6) is 0 Å². The minimum absolute atomic E-state index is 0.271. The maximum atomic E-state index is 12.5. The van der Waals surface area contributed by atoms with Gasteiger partial charge in [-0.2, -0.15) is 18.3 Å². The van der Waals surface area contributed by atoms with E-state index in [-0.39, 0.29) is 5.69 Å². The topological polar surface area (TPSA) is 61.2 Å². The summed E-state index contributed by atoms with van der Waals surface area (Å²) >= 11 is 0. The van der Waals surface area contributed by atoms with Gasteiger partial charge in [-0.25, -0.2) is 9.48 Å². The number of methoxy groups -OCH3 is 1. The standard InChI is InChI=1S/C13H9F3N2O3/c1-21-12(20)11-10(19)6-7-18(17-11)9-4-2-8(3-5-9)13(14,15)16/h2-7H,1H3. The number of esters is 1. The van der Waals surface area contributed by atoms with E-state index in [1.165, 1.54) is 18.3 Å². The van der Waals surface area contributed by atoms with Gasteiger partial charge in [0, 0.05) is 12.3 Å². The van der Waals surface area contributed by atoms with Gasteiger partial charge in [0.15, 0.2) is 0 Å². The van der Waals surface area contributed by atoms with E-state index in [0.29, 0.717) is 0 Å². The molecule has 0 bridgehead atoms. The van der Waals surface area contributed by atoms with Gasteiger partial charge < -0.3 is 4.74 Å². The molecule has 0 saturated heterocycles. The molecule has 0 spiro atoms. The van der Waals surface area contributed by atoms with Crippen LogP contribution < -0.4 is 5.43 Å². The maximum Gasteiger partial charge on any atom is 0.416 e. The van der Waals surface area contributed by atoms with E-state index in [1.807, 2.05) is 0 Å². The summed E-state index contributed by atoms with van der Waals surface area (Å²) in [6.45, 7) is 0. The molecule has 0 N–H and O–H groups in total. The van der Waals surface area contributed by atoms with E-state index in [0.717, 1.165) is 30.0 Å². The minimum Gasteiger partial charge on any atom is -0.464 e. The molecule has 0 atom stereocenters. The Balaban J connectivity index is 2.43. The van der Waals surface area contributed by atoms with Gasteiger partial charge in [0.1, 0.15) is 0 Å². The van der Waals surface area contributed by atoms with E-state index in [9.17, 15) is 22.8 Å². The van der Waals surface area contributed by atoms with E-state index in [1.54, 1.807) is 0 Å². The third-order valence-electron chi connectivity index (χ3n) is 2.65. The molecule has 5 nitrogen and oxygen atoms in total. The number of benzene rings is 1. The van der Waals surface area contributed by atoms with Gasteiger partial charge in [-0.05, 0) is 24.3 Å². The second-order valence-electron chi connectivity index (χ2n) is 4.01. The normalized spacial score (nSPS) is 11.2. The number of halogens is 3. The van der Waals surface area contributed by atoms with Crippen LogP contribution in [0.2, 0.25) is 0 Å². The third-order valence-corrected chi connectivity index (χ3v) is 2.65. The Kier molecular flexibility index (Phi) is 3.79. The van der Waals surface area contributed by atoms with Crippen LogP contribution in [-0.2, 0) is 10.9 Å². The van der Waals surface area contributed by atoms with Crippen molar-refractivity contribution in [3.05, 3.63) is 58.0 Å². The molecule has 1 heterocycles. The second kappa shape index (κ2) is 5.39. The van der Waals surface area contributed by atoms with E-state index in [2.05, 4.69) is 9.84 Å². The molecule has 1 aromatic heterocycles. The number of alkyl halides is 3. The van der Waals surface area contributed by atoms with Gasteiger partial charge in [0.05, 0.1) is 18.4 Å². The summed E-state index contributed by atoms with van der Waals surface area (Å²) in [6, 6.07) is 5.21. The molecule has 2 aromatic rings. The van der Waals surface area contributed by atoms with Gasteiger partial charge in [0.25, 0.3) is 0 Å². The monoisotopic (exact) mass is 298 g/mol. The predicted molar refractivity (Wildman–Crippen MR) is 66.2 cm³/mol. The van der Waals surface area contributed by atoms with Crippen molar-refractivity contribution in [2.24, 2.45) is 0 Å². The summed E-state index contributed by atoms with van der Waals surface area (Å²) in [5.41, 5.74) is -1.61. The molecule has 21 heavy (non-hydrogen) atoms. The highest BCUT2D eigenvalue weighted by Crippen LogP contribution is 2.29. The highest BCUT2D eigenvalue weighted by molar-refractivity contribution is 5.86. The summed E-state index contributed by atoms with van der Waals surface area (Å²) in [4.78, 5) is 22.8. The van der Waals surface area contributed by atoms with Crippen LogP contribution >= 0.6 is 0 Å². The fourth-order valence-electron chi connectivity index (χ4n) is 1.59. The summed E-state index contributed by atoms with van der Waals surface area (Å²) in [6.07, 6.45) is -3.19. The molecule has 0 amide bonds. The fraction of sp³-hybridized carbons (Fsp3) is 0.154. The fourth-order valence-corrected chi connectivity index (χ4v) is 1.59. The zero-order valence-electron chi connectivity index (χ0n) is 10.7. The van der Waals surface area contributed by atoms with Crippen molar-refractivity contribution in [3.63, 3.8) is 0 Å². The Morgan fingerprint density at radius 2 is 1.81 bits per heavy atom. The lowest BCUT2D eigenvalue weighted by Gasteiger charge is -2.09. The van der Waals surface area contributed by atoms with Gasteiger partial charge in [-0.15, -0.1) is 0 Å². The Hall–Kier alpha value is -2.64. The first kappa shape index (κ1) is 14.8. The van der Waals surface area contributed by atoms with Crippen molar-refractivity contribution < 1.29 is 22.7 Å². The average Bonchev–Trinajstić information content (AvgIpc) is 2.46. The predicted octanol–water partition coefficient (Wildman–Crippen LogP) is 2.04. The van der Waals surface area contributed by atoms with Crippen LogP contribution in [0.15, 0.2) is 41.3 Å². The van der Waals surface area contributed by atoms with Crippen molar-refractivity contribution in [3.8, 4) is 5.69 Å². The Morgan fingerprint density at radius 3 is 2.33 bits per heavy atom. The molecule has 1 aromatic carbocycles. The van der Waals surface area contributed by atoms with Gasteiger partial charge >= 0.3 is 12.1 Å². The lowest BCUT2D eigenvalue weighted by molar-refractivity contribution is -0.137. The number of nitrogens with zero attached hydrogens (tertiary/aromatic N) is 2. The minimum atomic E-state index is -4.44. The maximum absolute atomic E-state index is 12.5. The largest absolute Gasteiger partial charge is 0.464 e. The lowest BCUT2D eigenvalue weighted by Crippen LogP contribution is -2.21. The lowest BCUT2D eigenvalue weighted by atomic mass is 10.2. The van der Waals surface area contributed by atoms with E-state index < -0.39 is 28.8 Å². The second-order valence-corrected chi connectivity index (χ2v) is 4.01. The number of ether oxygens (including phenoxy) is 1. The van der Waals surface area contributed by atoms with E-state index >= 15 is 0 Å². The summed E-state index contributed by atoms with van der Waals surface area (Å²) in [7, 11) is 1.10. The van der Waals surface area contributed by atoms with Crippen molar-refractivity contribution in [2.75, 3.05) is 7.11 Å². The Labute approximate surface area is 116 Å². The van der Waals surface area contributed by atoms with Gasteiger partial charge in [-0.3, -0.25) is 4.79 Å². The molecule has 0 unspecified atom stereocenters. The molecule has 0 aliphatic heterocycles. The van der Waals surface area contributed by atoms with Crippen molar-refractivity contribution in [2.45, 2.75) is 6.18 Å². The van der Waals surface area contributed by atoms with Crippen LogP contribution in [0.1, 0.15) is 16.1 Å². The first-order valence-electron chi connectivity index (χ1n) is 5.69. The first-order chi connectivity index (χ1) is 9.82. The number of hydrogen-bond donors (Lipinski definition) is 0. The number of carbonyl (C=O) groups is 1. The summed E-state index contributed by atoms with van der Waals surface area (Å²) in [5.74, 6) is -0.915. The third kappa shape index (κ3) is 3.10. The number of aromatic nitrogens is 2. The first-order valence-corrected chi connectivity index (χ1v) is 5.69. The van der Waals surface area contributed by atoms with Crippen molar-refractivity contribution in [1.82, 2.24) is 9.78 Å².